The molecule has 4 amide bonds. The van der Waals surface area contributed by atoms with Crippen LogP contribution in [0, 0.1) is 5.82 Å². The summed E-state index contributed by atoms with van der Waals surface area (Å²) in [5.74, 6) is -1.73. The molecule has 2 aromatic carbocycles. The summed E-state index contributed by atoms with van der Waals surface area (Å²) in [7, 11) is -3.74. The van der Waals surface area contributed by atoms with Gasteiger partial charge in [0.2, 0.25) is 15.9 Å². The molecule has 0 unspecified atom stereocenters. The second-order valence-corrected chi connectivity index (χ2v) is 11.2. The minimum absolute atomic E-state index is 0.0768. The zero-order valence-corrected chi connectivity index (χ0v) is 21.5. The summed E-state index contributed by atoms with van der Waals surface area (Å²) in [5.41, 5.74) is -0.672. The molecule has 10 nitrogen and oxygen atoms in total. The highest BCUT2D eigenvalue weighted by molar-refractivity contribution is 7.89. The van der Waals surface area contributed by atoms with Crippen molar-refractivity contribution in [2.45, 2.75) is 49.8 Å². The van der Waals surface area contributed by atoms with Gasteiger partial charge in [-0.25, -0.2) is 17.6 Å². The summed E-state index contributed by atoms with van der Waals surface area (Å²) in [5, 5.41) is 5.22. The number of benzene rings is 2. The van der Waals surface area contributed by atoms with Crippen molar-refractivity contribution in [2.75, 3.05) is 25.0 Å². The van der Waals surface area contributed by atoms with Gasteiger partial charge in [0.15, 0.2) is 0 Å². The van der Waals surface area contributed by atoms with Gasteiger partial charge in [0, 0.05) is 18.8 Å². The fourth-order valence-corrected chi connectivity index (χ4v) is 6.26. The van der Waals surface area contributed by atoms with Crippen LogP contribution < -0.4 is 10.6 Å². The Hall–Kier alpha value is -3.35. The molecule has 2 aromatic rings. The Morgan fingerprint density at radius 2 is 1.68 bits per heavy atom. The molecule has 0 aromatic heterocycles. The van der Waals surface area contributed by atoms with E-state index in [4.69, 9.17) is 4.74 Å². The van der Waals surface area contributed by atoms with Crippen LogP contribution in [0.3, 0.4) is 0 Å². The number of morpholine rings is 1. The first-order valence-corrected chi connectivity index (χ1v) is 13.4. The van der Waals surface area contributed by atoms with Gasteiger partial charge >= 0.3 is 6.03 Å². The Morgan fingerprint density at radius 1 is 1.08 bits per heavy atom. The number of nitrogens with one attached hydrogen (secondary N) is 2. The molecular weight excluding hydrogens is 503 g/mol. The number of hydrogen-bond acceptors (Lipinski definition) is 6. The summed E-state index contributed by atoms with van der Waals surface area (Å²) in [4.78, 5) is 39.3. The molecular formula is C25H29FN4O6S. The van der Waals surface area contributed by atoms with E-state index in [1.807, 2.05) is 13.8 Å². The van der Waals surface area contributed by atoms with Crippen molar-refractivity contribution in [3.8, 4) is 0 Å². The minimum atomic E-state index is -3.74. The van der Waals surface area contributed by atoms with Crippen molar-refractivity contribution in [2.24, 2.45) is 0 Å². The fourth-order valence-electron chi connectivity index (χ4n) is 4.67. The lowest BCUT2D eigenvalue weighted by Gasteiger charge is -2.34. The Balaban J connectivity index is 1.43. The predicted molar refractivity (Wildman–Crippen MR) is 132 cm³/mol. The topological polar surface area (TPSA) is 125 Å². The number of rotatable bonds is 7. The minimum Gasteiger partial charge on any atom is -0.373 e. The molecule has 2 N–H and O–H groups in total. The number of sulfonamides is 1. The van der Waals surface area contributed by atoms with Gasteiger partial charge in [-0.05, 0) is 62.2 Å². The maximum Gasteiger partial charge on any atom is 0.325 e. The standard InChI is InChI=1S/C25H29FN4O6S/c1-4-25(18-5-7-19(26)8-6-18)23(32)30(24(33)28-25)15-22(31)27-20-9-11-21(12-10-20)37(34,35)29-13-16(2)36-17(3)14-29/h5-12,16-17H,4,13-15H2,1-3H3,(H,27,31)(H,28,33)/t16-,17+,25-/m1/s1. The summed E-state index contributed by atoms with van der Waals surface area (Å²) in [6.45, 7) is 5.28. The summed E-state index contributed by atoms with van der Waals surface area (Å²) in [6.07, 6.45) is -0.244. The number of urea groups is 1. The predicted octanol–water partition coefficient (Wildman–Crippen LogP) is 2.42. The highest BCUT2D eigenvalue weighted by Crippen LogP contribution is 2.32. The van der Waals surface area contributed by atoms with Crippen molar-refractivity contribution in [3.05, 3.63) is 59.9 Å². The summed E-state index contributed by atoms with van der Waals surface area (Å²) in [6, 6.07) is 10.2. The van der Waals surface area contributed by atoms with Crippen molar-refractivity contribution >= 4 is 33.6 Å². The number of amides is 4. The SMILES string of the molecule is CC[C@]1(c2ccc(F)cc2)NC(=O)N(CC(=O)Nc2ccc(S(=O)(=O)N3C[C@@H](C)O[C@@H](C)C3)cc2)C1=O. The molecule has 2 aliphatic rings. The number of hydrogen-bond donors (Lipinski definition) is 2. The number of ether oxygens (including phenoxy) is 1. The first-order valence-electron chi connectivity index (χ1n) is 11.9. The number of carbonyl (C=O) groups excluding carboxylic acids is 3. The number of carbonyl (C=O) groups is 3. The monoisotopic (exact) mass is 532 g/mol. The van der Waals surface area contributed by atoms with Gasteiger partial charge in [0.1, 0.15) is 17.9 Å². The summed E-state index contributed by atoms with van der Waals surface area (Å²) < 4.78 is 46.4. The lowest BCUT2D eigenvalue weighted by molar-refractivity contribution is -0.134. The van der Waals surface area contributed by atoms with Crippen LogP contribution in [0.4, 0.5) is 14.9 Å². The number of halogens is 1. The molecule has 4 rings (SSSR count). The first kappa shape index (κ1) is 26.7. The molecule has 0 spiro atoms. The van der Waals surface area contributed by atoms with Crippen LogP contribution in [0.2, 0.25) is 0 Å². The maximum absolute atomic E-state index is 13.4. The molecule has 2 aliphatic heterocycles. The number of anilines is 1. The quantitative estimate of drug-likeness (QED) is 0.528. The number of nitrogens with zero attached hydrogens (tertiary/aromatic N) is 2. The molecule has 2 saturated heterocycles. The average Bonchev–Trinajstić information content (AvgIpc) is 3.09. The smallest absolute Gasteiger partial charge is 0.325 e. The van der Waals surface area contributed by atoms with Crippen LogP contribution >= 0.6 is 0 Å². The van der Waals surface area contributed by atoms with E-state index in [0.29, 0.717) is 11.3 Å². The molecule has 12 heteroatoms. The van der Waals surface area contributed by atoms with Gasteiger partial charge in [-0.2, -0.15) is 4.31 Å². The molecule has 0 aliphatic carbocycles. The van der Waals surface area contributed by atoms with Crippen molar-refractivity contribution in [1.82, 2.24) is 14.5 Å². The molecule has 0 saturated carbocycles. The van der Waals surface area contributed by atoms with E-state index < -0.39 is 45.8 Å². The molecule has 2 heterocycles. The van der Waals surface area contributed by atoms with Gasteiger partial charge in [0.25, 0.3) is 5.91 Å². The molecule has 2 fully saturated rings. The van der Waals surface area contributed by atoms with Crippen LogP contribution in [-0.2, 0) is 29.9 Å². The van der Waals surface area contributed by atoms with E-state index in [-0.39, 0.29) is 36.6 Å². The average molecular weight is 533 g/mol. The zero-order valence-electron chi connectivity index (χ0n) is 20.7. The molecule has 3 atom stereocenters. The third-order valence-electron chi connectivity index (χ3n) is 6.51. The van der Waals surface area contributed by atoms with Crippen molar-refractivity contribution in [3.63, 3.8) is 0 Å². The van der Waals surface area contributed by atoms with Gasteiger partial charge in [-0.1, -0.05) is 19.1 Å². The summed E-state index contributed by atoms with van der Waals surface area (Å²) >= 11 is 0. The van der Waals surface area contributed by atoms with Gasteiger partial charge in [-0.15, -0.1) is 0 Å². The fraction of sp³-hybridized carbons (Fsp3) is 0.400. The van der Waals surface area contributed by atoms with Crippen LogP contribution in [0.5, 0.6) is 0 Å². The van der Waals surface area contributed by atoms with Gasteiger partial charge in [0.05, 0.1) is 17.1 Å². The second-order valence-electron chi connectivity index (χ2n) is 9.24. The molecule has 0 bridgehead atoms. The Morgan fingerprint density at radius 3 is 2.24 bits per heavy atom. The molecule has 0 radical (unpaired) electrons. The Labute approximate surface area is 214 Å². The number of imide groups is 1. The molecule has 37 heavy (non-hydrogen) atoms. The van der Waals surface area contributed by atoms with E-state index in [2.05, 4.69) is 10.6 Å². The van der Waals surface area contributed by atoms with E-state index in [0.717, 1.165) is 4.90 Å². The first-order chi connectivity index (χ1) is 17.5. The van der Waals surface area contributed by atoms with E-state index >= 15 is 0 Å². The maximum atomic E-state index is 13.4. The Kier molecular flexibility index (Phi) is 7.36. The Bertz CT molecular complexity index is 1290. The van der Waals surface area contributed by atoms with E-state index in [9.17, 15) is 27.2 Å². The molecule has 198 valence electrons. The van der Waals surface area contributed by atoms with Crippen LogP contribution in [0.25, 0.3) is 0 Å². The second kappa shape index (κ2) is 10.2. The normalized spacial score (nSPS) is 24.7. The van der Waals surface area contributed by atoms with Crippen LogP contribution in [0.15, 0.2) is 53.4 Å². The van der Waals surface area contributed by atoms with Gasteiger partial charge in [-0.3, -0.25) is 14.5 Å². The van der Waals surface area contributed by atoms with E-state index in [1.54, 1.807) is 6.92 Å². The van der Waals surface area contributed by atoms with Crippen molar-refractivity contribution in [1.29, 1.82) is 0 Å². The van der Waals surface area contributed by atoms with E-state index in [1.165, 1.54) is 52.8 Å². The highest BCUT2D eigenvalue weighted by Gasteiger charge is 2.51. The van der Waals surface area contributed by atoms with Crippen LogP contribution in [-0.4, -0.2) is 67.3 Å². The van der Waals surface area contributed by atoms with Crippen molar-refractivity contribution < 1.29 is 31.9 Å². The zero-order chi connectivity index (χ0) is 27.0. The lowest BCUT2D eigenvalue weighted by atomic mass is 9.87. The third kappa shape index (κ3) is 5.22. The third-order valence-corrected chi connectivity index (χ3v) is 8.35. The largest absolute Gasteiger partial charge is 0.373 e. The van der Waals surface area contributed by atoms with Crippen LogP contribution in [0.1, 0.15) is 32.8 Å². The highest BCUT2D eigenvalue weighted by atomic mass is 32.2. The lowest BCUT2D eigenvalue weighted by Crippen LogP contribution is -2.48. The van der Waals surface area contributed by atoms with Gasteiger partial charge < -0.3 is 15.4 Å².